The molecule has 8 nitrogen and oxygen atoms in total. The molecule has 0 aliphatic carbocycles. The maximum absolute atomic E-state index is 13.2. The number of hydrogen-bond acceptors (Lipinski definition) is 6. The van der Waals surface area contributed by atoms with Crippen LogP contribution in [0.3, 0.4) is 0 Å². The molecule has 1 heterocycles. The zero-order valence-electron chi connectivity index (χ0n) is 19.2. The minimum atomic E-state index is -3.87. The van der Waals surface area contributed by atoms with Crippen LogP contribution >= 0.6 is 0 Å². The molecular weight excluding hydrogens is 463 g/mol. The standard InChI is InChI=1S/C24H29FN2O6S/c1-3-33-23(28)15-22(17-6-4-8-20(14-17)32-2)26-24(29)18-7-5-13-27(16-18)34(30,31)21-11-9-19(25)10-12-21/h4,6,8-12,14,18,22H,3,5,7,13,15-16H2,1-2H3,(H,26,29). The fourth-order valence-corrected chi connectivity index (χ4v) is 5.44. The molecule has 2 unspecified atom stereocenters. The van der Waals surface area contributed by atoms with Gasteiger partial charge in [-0.2, -0.15) is 4.31 Å². The van der Waals surface area contributed by atoms with Gasteiger partial charge in [-0.05, 0) is 61.7 Å². The Kier molecular flexibility index (Phi) is 8.62. The number of halogens is 1. The summed E-state index contributed by atoms with van der Waals surface area (Å²) in [6.07, 6.45) is 0.933. The molecule has 0 radical (unpaired) electrons. The third-order valence-electron chi connectivity index (χ3n) is 5.70. The van der Waals surface area contributed by atoms with Crippen LogP contribution in [0.2, 0.25) is 0 Å². The number of hydrogen-bond donors (Lipinski definition) is 1. The van der Waals surface area contributed by atoms with E-state index >= 15 is 0 Å². The van der Waals surface area contributed by atoms with Crippen molar-refractivity contribution in [3.63, 3.8) is 0 Å². The third-order valence-corrected chi connectivity index (χ3v) is 7.57. The van der Waals surface area contributed by atoms with Crippen molar-refractivity contribution in [3.8, 4) is 5.75 Å². The van der Waals surface area contributed by atoms with Gasteiger partial charge in [0.15, 0.2) is 0 Å². The summed E-state index contributed by atoms with van der Waals surface area (Å²) in [5.74, 6) is -1.36. The molecule has 1 amide bonds. The Bertz CT molecular complexity index is 1110. The van der Waals surface area contributed by atoms with Crippen LogP contribution in [0.4, 0.5) is 4.39 Å². The Morgan fingerprint density at radius 1 is 1.21 bits per heavy atom. The number of benzene rings is 2. The van der Waals surface area contributed by atoms with Crippen LogP contribution in [0.15, 0.2) is 53.4 Å². The molecule has 0 spiro atoms. The molecular formula is C24H29FN2O6S. The summed E-state index contributed by atoms with van der Waals surface area (Å²) in [7, 11) is -2.34. The average Bonchev–Trinajstić information content (AvgIpc) is 2.84. The number of carbonyl (C=O) groups is 2. The second-order valence-electron chi connectivity index (χ2n) is 8.00. The minimum Gasteiger partial charge on any atom is -0.497 e. The van der Waals surface area contributed by atoms with Gasteiger partial charge in [-0.3, -0.25) is 9.59 Å². The zero-order chi connectivity index (χ0) is 24.7. The lowest BCUT2D eigenvalue weighted by atomic mass is 9.96. The van der Waals surface area contributed by atoms with E-state index in [1.807, 2.05) is 0 Å². The van der Waals surface area contributed by atoms with Crippen molar-refractivity contribution in [2.75, 3.05) is 26.8 Å². The number of esters is 1. The lowest BCUT2D eigenvalue weighted by Crippen LogP contribution is -2.46. The number of methoxy groups -OCH3 is 1. The van der Waals surface area contributed by atoms with E-state index in [9.17, 15) is 22.4 Å². The van der Waals surface area contributed by atoms with Crippen LogP contribution < -0.4 is 10.1 Å². The van der Waals surface area contributed by atoms with Crippen molar-refractivity contribution in [2.24, 2.45) is 5.92 Å². The second kappa shape index (κ2) is 11.4. The molecule has 2 atom stereocenters. The van der Waals surface area contributed by atoms with Crippen LogP contribution in [0.25, 0.3) is 0 Å². The van der Waals surface area contributed by atoms with Crippen molar-refractivity contribution in [3.05, 3.63) is 59.9 Å². The first-order valence-corrected chi connectivity index (χ1v) is 12.5. The van der Waals surface area contributed by atoms with Crippen molar-refractivity contribution in [2.45, 2.75) is 37.1 Å². The van der Waals surface area contributed by atoms with Gasteiger partial charge in [0.25, 0.3) is 0 Å². The first-order chi connectivity index (χ1) is 16.2. The summed E-state index contributed by atoms with van der Waals surface area (Å²) in [5.41, 5.74) is 0.673. The molecule has 1 aliphatic heterocycles. The third kappa shape index (κ3) is 6.32. The molecule has 1 saturated heterocycles. The summed E-state index contributed by atoms with van der Waals surface area (Å²) in [5, 5.41) is 2.90. The fourth-order valence-electron chi connectivity index (χ4n) is 3.92. The molecule has 0 bridgehead atoms. The SMILES string of the molecule is CCOC(=O)CC(NC(=O)C1CCCN(S(=O)(=O)c2ccc(F)cc2)C1)c1cccc(OC)c1. The fraction of sp³-hybridized carbons (Fsp3) is 0.417. The molecule has 1 fully saturated rings. The van der Waals surface area contributed by atoms with E-state index in [2.05, 4.69) is 5.32 Å². The van der Waals surface area contributed by atoms with Gasteiger partial charge in [-0.15, -0.1) is 0 Å². The highest BCUT2D eigenvalue weighted by atomic mass is 32.2. The number of amides is 1. The normalized spacial score (nSPS) is 17.6. The summed E-state index contributed by atoms with van der Waals surface area (Å²) in [6.45, 7) is 2.19. The molecule has 10 heteroatoms. The van der Waals surface area contributed by atoms with Gasteiger partial charge in [0.1, 0.15) is 11.6 Å². The van der Waals surface area contributed by atoms with E-state index in [4.69, 9.17) is 9.47 Å². The van der Waals surface area contributed by atoms with Gasteiger partial charge < -0.3 is 14.8 Å². The Hall–Kier alpha value is -2.98. The maximum atomic E-state index is 13.2. The molecule has 0 aromatic heterocycles. The first-order valence-electron chi connectivity index (χ1n) is 11.1. The number of carbonyl (C=O) groups excluding carboxylic acids is 2. The molecule has 1 N–H and O–H groups in total. The Morgan fingerprint density at radius 3 is 2.62 bits per heavy atom. The van der Waals surface area contributed by atoms with Gasteiger partial charge in [0, 0.05) is 13.1 Å². The van der Waals surface area contributed by atoms with Gasteiger partial charge in [-0.1, -0.05) is 12.1 Å². The monoisotopic (exact) mass is 492 g/mol. The largest absolute Gasteiger partial charge is 0.497 e. The van der Waals surface area contributed by atoms with E-state index < -0.39 is 33.8 Å². The van der Waals surface area contributed by atoms with Crippen molar-refractivity contribution >= 4 is 21.9 Å². The molecule has 1 aliphatic rings. The molecule has 2 aromatic carbocycles. The Labute approximate surface area is 199 Å². The van der Waals surface area contributed by atoms with Crippen molar-refractivity contribution < 1.29 is 31.9 Å². The topological polar surface area (TPSA) is 102 Å². The molecule has 34 heavy (non-hydrogen) atoms. The van der Waals surface area contributed by atoms with E-state index in [-0.39, 0.29) is 36.9 Å². The van der Waals surface area contributed by atoms with E-state index in [1.54, 1.807) is 31.2 Å². The van der Waals surface area contributed by atoms with Crippen LogP contribution in [0.5, 0.6) is 5.75 Å². The highest BCUT2D eigenvalue weighted by Crippen LogP contribution is 2.27. The van der Waals surface area contributed by atoms with Crippen LogP contribution in [0, 0.1) is 11.7 Å². The van der Waals surface area contributed by atoms with Gasteiger partial charge >= 0.3 is 5.97 Å². The predicted octanol–water partition coefficient (Wildman–Crippen LogP) is 3.05. The Morgan fingerprint density at radius 2 is 1.94 bits per heavy atom. The molecule has 0 saturated carbocycles. The van der Waals surface area contributed by atoms with Crippen molar-refractivity contribution in [1.82, 2.24) is 9.62 Å². The maximum Gasteiger partial charge on any atom is 0.308 e. The van der Waals surface area contributed by atoms with Crippen LogP contribution in [-0.2, 0) is 24.3 Å². The van der Waals surface area contributed by atoms with E-state index in [1.165, 1.54) is 23.5 Å². The summed E-state index contributed by atoms with van der Waals surface area (Å²) < 4.78 is 50.8. The lowest BCUT2D eigenvalue weighted by Gasteiger charge is -2.32. The molecule has 2 aromatic rings. The van der Waals surface area contributed by atoms with Gasteiger partial charge in [0.2, 0.25) is 15.9 Å². The first kappa shape index (κ1) is 25.6. The number of rotatable bonds is 9. The molecule has 3 rings (SSSR count). The Balaban J connectivity index is 1.76. The van der Waals surface area contributed by atoms with E-state index in [0.717, 1.165) is 12.1 Å². The van der Waals surface area contributed by atoms with Gasteiger partial charge in [0.05, 0.1) is 37.0 Å². The smallest absolute Gasteiger partial charge is 0.308 e. The van der Waals surface area contributed by atoms with Crippen LogP contribution in [0.1, 0.15) is 37.8 Å². The molecule has 184 valence electrons. The van der Waals surface area contributed by atoms with Crippen LogP contribution in [-0.4, -0.2) is 51.4 Å². The van der Waals surface area contributed by atoms with Crippen molar-refractivity contribution in [1.29, 1.82) is 0 Å². The summed E-state index contributed by atoms with van der Waals surface area (Å²) >= 11 is 0. The minimum absolute atomic E-state index is 0.00419. The number of sulfonamides is 1. The highest BCUT2D eigenvalue weighted by molar-refractivity contribution is 7.89. The quantitative estimate of drug-likeness (QED) is 0.540. The number of nitrogens with one attached hydrogen (secondary N) is 1. The number of piperidine rings is 1. The summed E-state index contributed by atoms with van der Waals surface area (Å²) in [4.78, 5) is 25.3. The average molecular weight is 493 g/mol. The lowest BCUT2D eigenvalue weighted by molar-refractivity contribution is -0.144. The number of ether oxygens (including phenoxy) is 2. The van der Waals surface area contributed by atoms with Gasteiger partial charge in [-0.25, -0.2) is 12.8 Å². The van der Waals surface area contributed by atoms with E-state index in [0.29, 0.717) is 24.2 Å². The summed E-state index contributed by atoms with van der Waals surface area (Å²) in [6, 6.07) is 11.0. The second-order valence-corrected chi connectivity index (χ2v) is 9.94. The number of nitrogens with zero attached hydrogens (tertiary/aromatic N) is 1. The zero-order valence-corrected chi connectivity index (χ0v) is 20.0. The predicted molar refractivity (Wildman–Crippen MR) is 123 cm³/mol. The highest BCUT2D eigenvalue weighted by Gasteiger charge is 2.34.